The number of carbonyl (C=O) groups excluding carboxylic acids is 1. The number of piperazine rings is 1. The number of rotatable bonds is 4. The van der Waals surface area contributed by atoms with Crippen molar-refractivity contribution in [2.24, 2.45) is 5.73 Å². The summed E-state index contributed by atoms with van der Waals surface area (Å²) in [5.74, 6) is -0.252. The number of hydrogen-bond donors (Lipinski definition) is 2. The average molecular weight is 268 g/mol. The molecular weight excluding hydrogens is 250 g/mol. The monoisotopic (exact) mass is 267 g/mol. The molecule has 0 aliphatic carbocycles. The van der Waals surface area contributed by atoms with Crippen LogP contribution in [0.15, 0.2) is 24.3 Å². The van der Waals surface area contributed by atoms with Gasteiger partial charge in [-0.15, -0.1) is 0 Å². The normalized spacial score (nSPS) is 20.8. The van der Waals surface area contributed by atoms with Crippen LogP contribution >= 0.6 is 11.6 Å². The zero-order chi connectivity index (χ0) is 13.0. The fourth-order valence-corrected chi connectivity index (χ4v) is 2.34. The average Bonchev–Trinajstić information content (AvgIpc) is 2.38. The fourth-order valence-electron chi connectivity index (χ4n) is 2.22. The molecule has 0 aromatic heterocycles. The van der Waals surface area contributed by atoms with E-state index >= 15 is 0 Å². The number of nitrogens with two attached hydrogens (primary N) is 1. The number of nitrogens with zero attached hydrogens (tertiary/aromatic N) is 1. The Labute approximate surface area is 112 Å². The minimum absolute atomic E-state index is 0.189. The highest BCUT2D eigenvalue weighted by Gasteiger charge is 2.25. The molecule has 4 nitrogen and oxygen atoms in total. The Balaban J connectivity index is 1.91. The maximum absolute atomic E-state index is 11.3. The van der Waals surface area contributed by atoms with E-state index in [9.17, 15) is 4.79 Å². The van der Waals surface area contributed by atoms with Crippen LogP contribution in [0.1, 0.15) is 5.56 Å². The minimum Gasteiger partial charge on any atom is -0.368 e. The smallest absolute Gasteiger partial charge is 0.236 e. The summed E-state index contributed by atoms with van der Waals surface area (Å²) < 4.78 is 0. The van der Waals surface area contributed by atoms with Gasteiger partial charge in [-0.05, 0) is 24.1 Å². The molecule has 1 amide bonds. The van der Waals surface area contributed by atoms with Crippen molar-refractivity contribution in [3.8, 4) is 0 Å². The molecule has 18 heavy (non-hydrogen) atoms. The molecule has 0 saturated carbocycles. The summed E-state index contributed by atoms with van der Waals surface area (Å²) in [5, 5.41) is 3.94. The van der Waals surface area contributed by atoms with E-state index in [1.54, 1.807) is 0 Å². The lowest BCUT2D eigenvalue weighted by molar-refractivity contribution is -0.123. The van der Waals surface area contributed by atoms with Gasteiger partial charge in [-0.25, -0.2) is 0 Å². The summed E-state index contributed by atoms with van der Waals surface area (Å²) in [5.41, 5.74) is 6.63. The lowest BCUT2D eigenvalue weighted by atomic mass is 10.1. The third-order valence-corrected chi connectivity index (χ3v) is 3.54. The predicted molar refractivity (Wildman–Crippen MR) is 72.6 cm³/mol. The van der Waals surface area contributed by atoms with E-state index in [-0.39, 0.29) is 11.9 Å². The number of benzene rings is 1. The van der Waals surface area contributed by atoms with E-state index in [2.05, 4.69) is 10.2 Å². The molecule has 0 radical (unpaired) electrons. The molecule has 1 fully saturated rings. The van der Waals surface area contributed by atoms with Gasteiger partial charge in [0.05, 0.1) is 0 Å². The van der Waals surface area contributed by atoms with Crippen LogP contribution in [0.3, 0.4) is 0 Å². The Morgan fingerprint density at radius 3 is 2.83 bits per heavy atom. The maximum Gasteiger partial charge on any atom is 0.236 e. The van der Waals surface area contributed by atoms with Crippen molar-refractivity contribution in [1.29, 1.82) is 0 Å². The van der Waals surface area contributed by atoms with Gasteiger partial charge in [-0.1, -0.05) is 23.7 Å². The van der Waals surface area contributed by atoms with E-state index in [0.29, 0.717) is 6.54 Å². The molecule has 1 aliphatic rings. The van der Waals surface area contributed by atoms with E-state index in [0.717, 1.165) is 31.1 Å². The van der Waals surface area contributed by atoms with Crippen LogP contribution in [0, 0.1) is 0 Å². The zero-order valence-electron chi connectivity index (χ0n) is 10.2. The first-order valence-corrected chi connectivity index (χ1v) is 6.53. The van der Waals surface area contributed by atoms with Gasteiger partial charge in [-0.2, -0.15) is 0 Å². The van der Waals surface area contributed by atoms with Gasteiger partial charge in [-0.3, -0.25) is 9.69 Å². The number of halogens is 1. The van der Waals surface area contributed by atoms with Crippen molar-refractivity contribution in [2.45, 2.75) is 12.5 Å². The van der Waals surface area contributed by atoms with Gasteiger partial charge in [0.15, 0.2) is 0 Å². The topological polar surface area (TPSA) is 58.4 Å². The van der Waals surface area contributed by atoms with Crippen molar-refractivity contribution in [3.63, 3.8) is 0 Å². The highest BCUT2D eigenvalue weighted by Crippen LogP contribution is 2.11. The molecule has 0 spiro atoms. The molecule has 0 bridgehead atoms. The summed E-state index contributed by atoms with van der Waals surface area (Å²) in [6, 6.07) is 7.62. The van der Waals surface area contributed by atoms with E-state index in [4.69, 9.17) is 17.3 Å². The van der Waals surface area contributed by atoms with Gasteiger partial charge >= 0.3 is 0 Å². The van der Waals surface area contributed by atoms with Crippen LogP contribution in [-0.4, -0.2) is 43.0 Å². The first kappa shape index (κ1) is 13.3. The number of hydrogen-bond acceptors (Lipinski definition) is 3. The summed E-state index contributed by atoms with van der Waals surface area (Å²) in [6.45, 7) is 3.26. The molecule has 1 aromatic rings. The van der Waals surface area contributed by atoms with Crippen molar-refractivity contribution in [2.75, 3.05) is 26.2 Å². The molecule has 1 saturated heterocycles. The third-order valence-electron chi connectivity index (χ3n) is 3.28. The summed E-state index contributed by atoms with van der Waals surface area (Å²) in [7, 11) is 0. The van der Waals surface area contributed by atoms with Crippen molar-refractivity contribution in [3.05, 3.63) is 34.9 Å². The molecular formula is C13H18ClN3O. The van der Waals surface area contributed by atoms with Crippen LogP contribution in [0.4, 0.5) is 0 Å². The molecule has 1 aliphatic heterocycles. The van der Waals surface area contributed by atoms with Crippen molar-refractivity contribution >= 4 is 17.5 Å². The van der Waals surface area contributed by atoms with E-state index in [1.165, 1.54) is 5.56 Å². The lowest BCUT2D eigenvalue weighted by Gasteiger charge is -2.34. The second-order valence-corrected chi connectivity index (χ2v) is 4.97. The van der Waals surface area contributed by atoms with Gasteiger partial charge < -0.3 is 11.1 Å². The van der Waals surface area contributed by atoms with Gasteiger partial charge in [0, 0.05) is 31.2 Å². The number of nitrogens with one attached hydrogen (secondary N) is 1. The Bertz CT molecular complexity index is 407. The summed E-state index contributed by atoms with van der Waals surface area (Å²) in [6.07, 6.45) is 0.904. The highest BCUT2D eigenvalue weighted by molar-refractivity contribution is 6.30. The molecule has 5 heteroatoms. The molecule has 1 unspecified atom stereocenters. The largest absolute Gasteiger partial charge is 0.368 e. The van der Waals surface area contributed by atoms with Crippen LogP contribution < -0.4 is 11.1 Å². The predicted octanol–water partition coefficient (Wildman–Crippen LogP) is 0.642. The van der Waals surface area contributed by atoms with Gasteiger partial charge in [0.2, 0.25) is 5.91 Å². The quantitative estimate of drug-likeness (QED) is 0.842. The lowest BCUT2D eigenvalue weighted by Crippen LogP contribution is -2.57. The standard InChI is InChI=1S/C13H18ClN3O/c14-11-3-1-10(2-4-11)5-7-17-8-6-16-9-12(17)13(15)18/h1-4,12,16H,5-9H2,(H2,15,18). The van der Waals surface area contributed by atoms with E-state index in [1.807, 2.05) is 24.3 Å². The van der Waals surface area contributed by atoms with Crippen molar-refractivity contribution in [1.82, 2.24) is 10.2 Å². The third kappa shape index (κ3) is 3.45. The Hall–Kier alpha value is -1.10. The molecule has 3 N–H and O–H groups in total. The Kier molecular flexibility index (Phi) is 4.58. The van der Waals surface area contributed by atoms with Crippen molar-refractivity contribution < 1.29 is 4.79 Å². The second-order valence-electron chi connectivity index (χ2n) is 4.53. The van der Waals surface area contributed by atoms with Gasteiger partial charge in [0.25, 0.3) is 0 Å². The zero-order valence-corrected chi connectivity index (χ0v) is 11.0. The molecule has 2 rings (SSSR count). The molecule has 1 aromatic carbocycles. The Morgan fingerprint density at radius 1 is 1.44 bits per heavy atom. The SMILES string of the molecule is NC(=O)C1CNCCN1CCc1ccc(Cl)cc1. The second kappa shape index (κ2) is 6.18. The molecule has 1 heterocycles. The summed E-state index contributed by atoms with van der Waals surface area (Å²) in [4.78, 5) is 13.5. The Morgan fingerprint density at radius 2 is 2.17 bits per heavy atom. The first-order chi connectivity index (χ1) is 8.66. The highest BCUT2D eigenvalue weighted by atomic mass is 35.5. The van der Waals surface area contributed by atoms with Crippen LogP contribution in [0.2, 0.25) is 5.02 Å². The van der Waals surface area contributed by atoms with E-state index < -0.39 is 0 Å². The molecule has 98 valence electrons. The maximum atomic E-state index is 11.3. The first-order valence-electron chi connectivity index (χ1n) is 6.15. The fraction of sp³-hybridized carbons (Fsp3) is 0.462. The number of amides is 1. The van der Waals surface area contributed by atoms with Crippen LogP contribution in [0.25, 0.3) is 0 Å². The van der Waals surface area contributed by atoms with Crippen LogP contribution in [0.5, 0.6) is 0 Å². The van der Waals surface area contributed by atoms with Gasteiger partial charge in [0.1, 0.15) is 6.04 Å². The van der Waals surface area contributed by atoms with Crippen LogP contribution in [-0.2, 0) is 11.2 Å². The summed E-state index contributed by atoms with van der Waals surface area (Å²) >= 11 is 5.85. The molecule has 1 atom stereocenters. The number of carbonyl (C=O) groups is 1. The minimum atomic E-state index is -0.252. The number of primary amides is 1.